The normalized spacial score (nSPS) is 45.7. The molecule has 4 rings (SSSR count). The van der Waals surface area contributed by atoms with E-state index in [9.17, 15) is 24.6 Å². The molecule has 0 aromatic heterocycles. The van der Waals surface area contributed by atoms with Gasteiger partial charge in [-0.2, -0.15) is 0 Å². The average Bonchev–Trinajstić information content (AvgIpc) is 2.91. The second kappa shape index (κ2) is 6.61. The van der Waals surface area contributed by atoms with Crippen LogP contribution in [-0.2, 0) is 19.1 Å². The van der Waals surface area contributed by atoms with Crippen LogP contribution in [0.2, 0.25) is 0 Å². The van der Waals surface area contributed by atoms with E-state index in [1.54, 1.807) is 12.2 Å². The lowest BCUT2D eigenvalue weighted by molar-refractivity contribution is -0.181. The van der Waals surface area contributed by atoms with E-state index >= 15 is 0 Å². The summed E-state index contributed by atoms with van der Waals surface area (Å²) >= 11 is 0. The number of esters is 1. The van der Waals surface area contributed by atoms with Gasteiger partial charge in [-0.15, -0.1) is 0 Å². The van der Waals surface area contributed by atoms with Gasteiger partial charge in [0.25, 0.3) is 0 Å². The number of hydrogen-bond donors (Lipinski definition) is 2. The van der Waals surface area contributed by atoms with Crippen LogP contribution in [0.25, 0.3) is 0 Å². The molecule has 3 fully saturated rings. The highest BCUT2D eigenvalue weighted by Gasteiger charge is 2.68. The largest absolute Gasteiger partial charge is 0.458 e. The summed E-state index contributed by atoms with van der Waals surface area (Å²) in [6.07, 6.45) is 7.50. The van der Waals surface area contributed by atoms with E-state index in [1.165, 1.54) is 6.92 Å². The van der Waals surface area contributed by atoms with Crippen molar-refractivity contribution in [2.45, 2.75) is 64.6 Å². The number of hydrogen-bond acceptors (Lipinski definition) is 6. The van der Waals surface area contributed by atoms with Crippen LogP contribution in [0.3, 0.4) is 0 Å². The lowest BCUT2D eigenvalue weighted by Gasteiger charge is -2.59. The molecule has 0 radical (unpaired) electrons. The lowest BCUT2D eigenvalue weighted by atomic mass is 9.46. The van der Waals surface area contributed by atoms with Gasteiger partial charge in [-0.3, -0.25) is 14.4 Å². The molecule has 2 N–H and O–H groups in total. The van der Waals surface area contributed by atoms with Gasteiger partial charge < -0.3 is 14.9 Å². The van der Waals surface area contributed by atoms with E-state index in [1.807, 2.05) is 13.0 Å². The Morgan fingerprint density at radius 2 is 2.00 bits per heavy atom. The third kappa shape index (κ3) is 2.79. The fourth-order valence-corrected chi connectivity index (χ4v) is 7.08. The van der Waals surface area contributed by atoms with E-state index in [4.69, 9.17) is 4.74 Å². The monoisotopic (exact) mass is 402 g/mol. The summed E-state index contributed by atoms with van der Waals surface area (Å²) in [5, 5.41) is 22.7. The highest BCUT2D eigenvalue weighted by molar-refractivity contribution is 6.01. The molecule has 3 saturated carbocycles. The van der Waals surface area contributed by atoms with Gasteiger partial charge in [0.1, 0.15) is 5.60 Å². The van der Waals surface area contributed by atoms with Gasteiger partial charge in [-0.25, -0.2) is 0 Å². The van der Waals surface area contributed by atoms with Crippen molar-refractivity contribution in [1.82, 2.24) is 0 Å². The number of allylic oxidation sites excluding steroid dienone is 4. The summed E-state index contributed by atoms with van der Waals surface area (Å²) in [5.41, 5.74) is -1.67. The molecule has 158 valence electrons. The van der Waals surface area contributed by atoms with Crippen molar-refractivity contribution in [2.75, 3.05) is 6.61 Å². The molecule has 0 amide bonds. The first-order valence-electron chi connectivity index (χ1n) is 10.5. The van der Waals surface area contributed by atoms with Crippen LogP contribution in [0.15, 0.2) is 23.8 Å². The highest BCUT2D eigenvalue weighted by atomic mass is 16.5. The average molecular weight is 402 g/mol. The van der Waals surface area contributed by atoms with E-state index in [2.05, 4.69) is 6.92 Å². The second-order valence-corrected chi connectivity index (χ2v) is 9.81. The number of Topliss-reactive ketones (excluding diaryl/α,β-unsaturated/α-hetero) is 1. The first-order valence-corrected chi connectivity index (χ1v) is 10.5. The molecule has 0 unspecified atom stereocenters. The number of ketones is 2. The zero-order valence-electron chi connectivity index (χ0n) is 17.3. The third-order valence-corrected chi connectivity index (χ3v) is 8.52. The number of ether oxygens (including phenoxy) is 1. The quantitative estimate of drug-likeness (QED) is 0.702. The molecular weight excluding hydrogens is 372 g/mol. The van der Waals surface area contributed by atoms with Crippen molar-refractivity contribution >= 4 is 17.5 Å². The summed E-state index contributed by atoms with van der Waals surface area (Å²) in [7, 11) is 0. The first kappa shape index (κ1) is 20.5. The summed E-state index contributed by atoms with van der Waals surface area (Å²) in [6.45, 7) is 4.80. The molecule has 0 aromatic carbocycles. The van der Waals surface area contributed by atoms with Crippen LogP contribution < -0.4 is 0 Å². The van der Waals surface area contributed by atoms with Crippen molar-refractivity contribution < 1.29 is 29.3 Å². The van der Waals surface area contributed by atoms with Crippen LogP contribution in [0, 0.1) is 28.6 Å². The number of aliphatic hydroxyl groups excluding tert-OH is 1. The fourth-order valence-electron chi connectivity index (χ4n) is 7.08. The highest BCUT2D eigenvalue weighted by Crippen LogP contribution is 2.67. The molecule has 0 aromatic rings. The number of rotatable bonds is 3. The van der Waals surface area contributed by atoms with Crippen molar-refractivity contribution in [3.63, 3.8) is 0 Å². The van der Waals surface area contributed by atoms with E-state index in [-0.39, 0.29) is 29.0 Å². The molecule has 4 aliphatic rings. The summed E-state index contributed by atoms with van der Waals surface area (Å²) in [5.74, 6) is -0.836. The summed E-state index contributed by atoms with van der Waals surface area (Å²) < 4.78 is 4.88. The molecular formula is C23H30O6. The van der Waals surface area contributed by atoms with Crippen LogP contribution in [-0.4, -0.2) is 46.1 Å². The Kier molecular flexibility index (Phi) is 4.67. The van der Waals surface area contributed by atoms with Crippen molar-refractivity contribution in [1.29, 1.82) is 0 Å². The Morgan fingerprint density at radius 1 is 1.28 bits per heavy atom. The lowest BCUT2D eigenvalue weighted by Crippen LogP contribution is -2.61. The van der Waals surface area contributed by atoms with Gasteiger partial charge in [0.05, 0.1) is 6.10 Å². The Morgan fingerprint density at radius 3 is 2.69 bits per heavy atom. The van der Waals surface area contributed by atoms with E-state index < -0.39 is 35.5 Å². The fraction of sp³-hybridized carbons (Fsp3) is 0.696. The van der Waals surface area contributed by atoms with Crippen molar-refractivity contribution in [3.05, 3.63) is 23.8 Å². The van der Waals surface area contributed by atoms with E-state index in [0.29, 0.717) is 19.3 Å². The maximum atomic E-state index is 12.9. The number of aliphatic hydroxyl groups is 2. The van der Waals surface area contributed by atoms with Crippen molar-refractivity contribution in [2.24, 2.45) is 28.6 Å². The minimum absolute atomic E-state index is 0.00243. The molecule has 6 heteroatoms. The number of carbonyl (C=O) groups excluding carboxylic acids is 3. The molecule has 29 heavy (non-hydrogen) atoms. The smallest absolute Gasteiger partial charge is 0.303 e. The van der Waals surface area contributed by atoms with Crippen LogP contribution in [0.1, 0.15) is 52.9 Å². The van der Waals surface area contributed by atoms with Gasteiger partial charge in [0.15, 0.2) is 12.4 Å². The standard InChI is InChI=1S/C23H30O6/c1-13(24)29-12-19(27)23(28)9-7-17-16-5-4-14-10-15(25)6-8-21(14,2)20(16)18(26)11-22(17,23)3/h6,8,10,16-18,20,26,28H,4-5,7,9,11-12H2,1-3H3/t16-,17+,18+,20+,21+,22-,23+/m1/s1. The molecule has 0 saturated heterocycles. The topological polar surface area (TPSA) is 101 Å². The third-order valence-electron chi connectivity index (χ3n) is 8.52. The first-order chi connectivity index (χ1) is 13.5. The summed E-state index contributed by atoms with van der Waals surface area (Å²) in [4.78, 5) is 35.9. The number of carbonyl (C=O) groups is 3. The Hall–Kier alpha value is -1.79. The molecule has 7 atom stereocenters. The van der Waals surface area contributed by atoms with Gasteiger partial charge >= 0.3 is 5.97 Å². The molecule has 0 heterocycles. The van der Waals surface area contributed by atoms with Gasteiger partial charge in [-0.1, -0.05) is 25.5 Å². The van der Waals surface area contributed by atoms with Gasteiger partial charge in [0.2, 0.25) is 5.78 Å². The Labute approximate surface area is 171 Å². The number of fused-ring (bicyclic) bond motifs is 5. The predicted molar refractivity (Wildman–Crippen MR) is 105 cm³/mol. The molecule has 0 bridgehead atoms. The zero-order chi connectivity index (χ0) is 21.2. The van der Waals surface area contributed by atoms with Crippen LogP contribution in [0.4, 0.5) is 0 Å². The molecule has 6 nitrogen and oxygen atoms in total. The van der Waals surface area contributed by atoms with Crippen molar-refractivity contribution in [3.8, 4) is 0 Å². The minimum Gasteiger partial charge on any atom is -0.458 e. The maximum Gasteiger partial charge on any atom is 0.303 e. The summed E-state index contributed by atoms with van der Waals surface area (Å²) in [6, 6.07) is 0. The molecule has 4 aliphatic carbocycles. The zero-order valence-corrected chi connectivity index (χ0v) is 17.3. The predicted octanol–water partition coefficient (Wildman–Crippen LogP) is 2.13. The van der Waals surface area contributed by atoms with Crippen LogP contribution >= 0.6 is 0 Å². The Balaban J connectivity index is 1.66. The minimum atomic E-state index is -1.60. The maximum absolute atomic E-state index is 12.9. The molecule has 0 spiro atoms. The Bertz CT molecular complexity index is 827. The SMILES string of the molecule is CC(=O)OCC(=O)[C@@]1(O)CC[C@H]2[C@H]3CCC4=CC(=O)C=C[C@]4(C)[C@@H]3[C@@H](O)C[C@]21C. The van der Waals surface area contributed by atoms with Gasteiger partial charge in [0, 0.05) is 23.7 Å². The second-order valence-electron chi connectivity index (χ2n) is 9.81. The molecule has 0 aliphatic heterocycles. The van der Waals surface area contributed by atoms with Crippen LogP contribution in [0.5, 0.6) is 0 Å². The van der Waals surface area contributed by atoms with Gasteiger partial charge in [-0.05, 0) is 56.1 Å². The van der Waals surface area contributed by atoms with E-state index in [0.717, 1.165) is 18.4 Å².